The smallest absolute Gasteiger partial charge is 0.227 e. The van der Waals surface area contributed by atoms with Crippen molar-refractivity contribution in [1.82, 2.24) is 0 Å². The molecule has 0 atom stereocenters. The second kappa shape index (κ2) is 4.87. The van der Waals surface area contributed by atoms with Gasteiger partial charge in [-0.3, -0.25) is 4.79 Å². The predicted molar refractivity (Wildman–Crippen MR) is 78.8 cm³/mol. The zero-order chi connectivity index (χ0) is 13.4. The topological polar surface area (TPSA) is 23.6 Å². The summed E-state index contributed by atoms with van der Waals surface area (Å²) in [5.74, 6) is 0.693. The van der Waals surface area contributed by atoms with Gasteiger partial charge in [0, 0.05) is 26.1 Å². The average Bonchev–Trinajstić information content (AvgIpc) is 2.39. The summed E-state index contributed by atoms with van der Waals surface area (Å²) in [6.45, 7) is 7.16. The number of rotatable bonds is 2. The van der Waals surface area contributed by atoms with E-state index in [1.165, 1.54) is 17.7 Å². The lowest BCUT2D eigenvalue weighted by atomic mass is 9.97. The monoisotopic (exact) mass is 258 g/mol. The maximum atomic E-state index is 12.4. The Morgan fingerprint density at radius 3 is 2.89 bits per heavy atom. The second-order valence-electron chi connectivity index (χ2n) is 6.02. The molecule has 102 valence electrons. The fraction of sp³-hybridized carbons (Fsp3) is 0.562. The minimum atomic E-state index is 0.272. The molecule has 0 unspecified atom stereocenters. The first-order valence-electron chi connectivity index (χ1n) is 7.34. The minimum Gasteiger partial charge on any atom is -0.368 e. The van der Waals surface area contributed by atoms with Crippen molar-refractivity contribution < 1.29 is 4.79 Å². The van der Waals surface area contributed by atoms with Crippen LogP contribution >= 0.6 is 0 Å². The molecule has 0 bridgehead atoms. The van der Waals surface area contributed by atoms with Crippen LogP contribution in [0.25, 0.3) is 0 Å². The van der Waals surface area contributed by atoms with Crippen LogP contribution in [0.2, 0.25) is 0 Å². The third kappa shape index (κ3) is 2.22. The number of anilines is 2. The predicted octanol–water partition coefficient (Wildman–Crippen LogP) is 2.83. The molecule has 2 aliphatic heterocycles. The number of hydrogen-bond acceptors (Lipinski definition) is 2. The van der Waals surface area contributed by atoms with Crippen molar-refractivity contribution in [1.29, 1.82) is 0 Å². The molecule has 0 saturated carbocycles. The van der Waals surface area contributed by atoms with E-state index in [0.717, 1.165) is 31.7 Å². The molecule has 3 heteroatoms. The van der Waals surface area contributed by atoms with Gasteiger partial charge in [0.05, 0.1) is 11.4 Å². The highest BCUT2D eigenvalue weighted by Gasteiger charge is 2.30. The van der Waals surface area contributed by atoms with Gasteiger partial charge in [-0.1, -0.05) is 26.0 Å². The molecule has 0 radical (unpaired) electrons. The summed E-state index contributed by atoms with van der Waals surface area (Å²) in [4.78, 5) is 16.9. The summed E-state index contributed by atoms with van der Waals surface area (Å²) in [7, 11) is 0. The second-order valence-corrected chi connectivity index (χ2v) is 6.02. The fourth-order valence-electron chi connectivity index (χ4n) is 3.22. The molecule has 0 spiro atoms. The van der Waals surface area contributed by atoms with E-state index in [0.29, 0.717) is 12.3 Å². The van der Waals surface area contributed by atoms with Crippen molar-refractivity contribution in [3.63, 3.8) is 0 Å². The maximum absolute atomic E-state index is 12.4. The molecule has 19 heavy (non-hydrogen) atoms. The van der Waals surface area contributed by atoms with Crippen LogP contribution in [0.15, 0.2) is 18.2 Å². The van der Waals surface area contributed by atoms with E-state index in [9.17, 15) is 4.79 Å². The van der Waals surface area contributed by atoms with Crippen LogP contribution in [-0.2, 0) is 11.2 Å². The number of amides is 1. The molecule has 3 nitrogen and oxygen atoms in total. The Balaban J connectivity index is 1.96. The highest BCUT2D eigenvalue weighted by molar-refractivity contribution is 5.98. The normalized spacial score (nSPS) is 17.6. The van der Waals surface area contributed by atoms with Crippen LogP contribution < -0.4 is 9.80 Å². The number of carbonyl (C=O) groups excluding carboxylic acids is 1. The summed E-state index contributed by atoms with van der Waals surface area (Å²) < 4.78 is 0. The van der Waals surface area contributed by atoms with Gasteiger partial charge in [0.1, 0.15) is 0 Å². The average molecular weight is 258 g/mol. The van der Waals surface area contributed by atoms with Crippen LogP contribution in [0, 0.1) is 5.92 Å². The highest BCUT2D eigenvalue weighted by atomic mass is 16.2. The summed E-state index contributed by atoms with van der Waals surface area (Å²) in [5.41, 5.74) is 3.86. The molecular weight excluding hydrogens is 236 g/mol. The molecule has 1 amide bonds. The molecule has 0 N–H and O–H groups in total. The van der Waals surface area contributed by atoms with Gasteiger partial charge in [0.2, 0.25) is 5.91 Å². The molecule has 0 saturated heterocycles. The van der Waals surface area contributed by atoms with Gasteiger partial charge >= 0.3 is 0 Å². The van der Waals surface area contributed by atoms with Gasteiger partial charge in [-0.25, -0.2) is 0 Å². The first kappa shape index (κ1) is 12.5. The Hall–Kier alpha value is -1.51. The Labute approximate surface area is 115 Å². The van der Waals surface area contributed by atoms with Gasteiger partial charge in [-0.05, 0) is 30.4 Å². The number of benzene rings is 1. The number of para-hydroxylation sites is 1. The molecule has 0 fully saturated rings. The number of hydrogen-bond donors (Lipinski definition) is 0. The molecular formula is C16H22N2O. The molecule has 1 aromatic carbocycles. The van der Waals surface area contributed by atoms with E-state index >= 15 is 0 Å². The van der Waals surface area contributed by atoms with Crippen molar-refractivity contribution in [2.24, 2.45) is 5.92 Å². The van der Waals surface area contributed by atoms with Crippen LogP contribution in [0.1, 0.15) is 32.3 Å². The van der Waals surface area contributed by atoms with E-state index in [-0.39, 0.29) is 5.91 Å². The molecule has 2 heterocycles. The maximum Gasteiger partial charge on any atom is 0.227 e. The van der Waals surface area contributed by atoms with E-state index in [4.69, 9.17) is 0 Å². The van der Waals surface area contributed by atoms with Crippen LogP contribution in [0.3, 0.4) is 0 Å². The first-order valence-corrected chi connectivity index (χ1v) is 7.34. The van der Waals surface area contributed by atoms with E-state index < -0.39 is 0 Å². The number of carbonyl (C=O) groups is 1. The van der Waals surface area contributed by atoms with Crippen molar-refractivity contribution in [3.05, 3.63) is 23.8 Å². The third-order valence-corrected chi connectivity index (χ3v) is 4.06. The summed E-state index contributed by atoms with van der Waals surface area (Å²) >= 11 is 0. The van der Waals surface area contributed by atoms with E-state index in [1.54, 1.807) is 0 Å². The lowest BCUT2D eigenvalue weighted by Gasteiger charge is -2.41. The van der Waals surface area contributed by atoms with Gasteiger partial charge in [-0.15, -0.1) is 0 Å². The SMILES string of the molecule is CC(C)CC(=O)N1CCN2CCCc3cccc1c32. The molecule has 0 aliphatic carbocycles. The van der Waals surface area contributed by atoms with Crippen molar-refractivity contribution in [2.45, 2.75) is 33.1 Å². The Morgan fingerprint density at radius 2 is 2.11 bits per heavy atom. The number of aryl methyl sites for hydroxylation is 1. The van der Waals surface area contributed by atoms with Crippen molar-refractivity contribution in [3.8, 4) is 0 Å². The fourth-order valence-corrected chi connectivity index (χ4v) is 3.22. The molecule has 3 rings (SSSR count). The molecule has 2 aliphatic rings. The van der Waals surface area contributed by atoms with Crippen LogP contribution in [0.5, 0.6) is 0 Å². The minimum absolute atomic E-state index is 0.272. The Kier molecular flexibility index (Phi) is 3.21. The molecule has 0 aromatic heterocycles. The van der Waals surface area contributed by atoms with Gasteiger partial charge in [0.15, 0.2) is 0 Å². The highest BCUT2D eigenvalue weighted by Crippen LogP contribution is 2.39. The van der Waals surface area contributed by atoms with Crippen molar-refractivity contribution >= 4 is 17.3 Å². The van der Waals surface area contributed by atoms with Crippen molar-refractivity contribution in [2.75, 3.05) is 29.4 Å². The van der Waals surface area contributed by atoms with Crippen LogP contribution in [0.4, 0.5) is 11.4 Å². The quantitative estimate of drug-likeness (QED) is 0.814. The summed E-state index contributed by atoms with van der Waals surface area (Å²) in [6.07, 6.45) is 3.02. The lowest BCUT2D eigenvalue weighted by molar-refractivity contribution is -0.119. The molecule has 1 aromatic rings. The van der Waals surface area contributed by atoms with Gasteiger partial charge in [0.25, 0.3) is 0 Å². The number of nitrogens with zero attached hydrogens (tertiary/aromatic N) is 2. The van der Waals surface area contributed by atoms with E-state index in [2.05, 4.69) is 36.9 Å². The zero-order valence-electron chi connectivity index (χ0n) is 11.9. The first-order chi connectivity index (χ1) is 9.16. The van der Waals surface area contributed by atoms with Crippen LogP contribution in [-0.4, -0.2) is 25.5 Å². The largest absolute Gasteiger partial charge is 0.368 e. The Morgan fingerprint density at radius 1 is 1.26 bits per heavy atom. The summed E-state index contributed by atoms with van der Waals surface area (Å²) in [5, 5.41) is 0. The Bertz CT molecular complexity index is 496. The van der Waals surface area contributed by atoms with Gasteiger partial charge in [-0.2, -0.15) is 0 Å². The zero-order valence-corrected chi connectivity index (χ0v) is 11.9. The lowest BCUT2D eigenvalue weighted by Crippen LogP contribution is -2.46. The summed E-state index contributed by atoms with van der Waals surface area (Å²) in [6, 6.07) is 6.41. The third-order valence-electron chi connectivity index (χ3n) is 4.06. The standard InChI is InChI=1S/C16H22N2O/c1-12(2)11-15(19)18-10-9-17-8-4-6-13-5-3-7-14(18)16(13)17/h3,5,7,12H,4,6,8-11H2,1-2H3. The van der Waals surface area contributed by atoms with Gasteiger partial charge < -0.3 is 9.80 Å². The van der Waals surface area contributed by atoms with E-state index in [1.807, 2.05) is 4.90 Å².